The normalized spacial score (nSPS) is 25.5. The molecule has 1 saturated heterocycles. The van der Waals surface area contributed by atoms with Gasteiger partial charge in [0.15, 0.2) is 0 Å². The third-order valence-electron chi connectivity index (χ3n) is 3.05. The average molecular weight is 225 g/mol. The fourth-order valence-electron chi connectivity index (χ4n) is 2.06. The predicted molar refractivity (Wildman–Crippen MR) is 65.2 cm³/mol. The quantitative estimate of drug-likeness (QED) is 0.591. The summed E-state index contributed by atoms with van der Waals surface area (Å²) < 4.78 is 5.37. The van der Waals surface area contributed by atoms with E-state index in [0.29, 0.717) is 6.42 Å². The van der Waals surface area contributed by atoms with E-state index in [1.54, 1.807) is 0 Å². The third-order valence-corrected chi connectivity index (χ3v) is 3.05. The van der Waals surface area contributed by atoms with E-state index < -0.39 is 5.60 Å². The molecule has 1 fully saturated rings. The molecule has 0 saturated carbocycles. The van der Waals surface area contributed by atoms with Crippen molar-refractivity contribution in [2.75, 3.05) is 13.1 Å². The van der Waals surface area contributed by atoms with Gasteiger partial charge < -0.3 is 10.1 Å². The molecule has 1 aliphatic rings. The monoisotopic (exact) mass is 225 g/mol. The molecule has 0 spiro atoms. The maximum Gasteiger partial charge on any atom is 0.307 e. The second kappa shape index (κ2) is 4.58. The second-order valence-corrected chi connectivity index (χ2v) is 5.75. The Hall–Kier alpha value is -0.830. The van der Waals surface area contributed by atoms with Crippen LogP contribution >= 0.6 is 0 Å². The standard InChI is InChI=1S/C13H23NO2/c1-10(2)13(6-7-14-9-13)8-11(15)16-12(3,4)5/h14H,1,6-9H2,2-5H3. The molecule has 0 aromatic heterocycles. The van der Waals surface area contributed by atoms with E-state index in [1.807, 2.05) is 27.7 Å². The molecule has 1 aliphatic heterocycles. The van der Waals surface area contributed by atoms with Crippen LogP contribution in [0, 0.1) is 5.41 Å². The zero-order valence-corrected chi connectivity index (χ0v) is 10.9. The van der Waals surface area contributed by atoms with Gasteiger partial charge in [0.1, 0.15) is 5.60 Å². The van der Waals surface area contributed by atoms with Crippen molar-refractivity contribution in [1.82, 2.24) is 5.32 Å². The molecule has 0 radical (unpaired) electrons. The molecule has 3 heteroatoms. The zero-order chi connectivity index (χ0) is 12.4. The number of hydrogen-bond donors (Lipinski definition) is 1. The van der Waals surface area contributed by atoms with Crippen molar-refractivity contribution >= 4 is 5.97 Å². The molecular weight excluding hydrogens is 202 g/mol. The highest BCUT2D eigenvalue weighted by atomic mass is 16.6. The van der Waals surface area contributed by atoms with Crippen LogP contribution in [0.25, 0.3) is 0 Å². The molecular formula is C13H23NO2. The second-order valence-electron chi connectivity index (χ2n) is 5.75. The van der Waals surface area contributed by atoms with Gasteiger partial charge in [0, 0.05) is 12.0 Å². The summed E-state index contributed by atoms with van der Waals surface area (Å²) in [6.07, 6.45) is 1.41. The van der Waals surface area contributed by atoms with Crippen molar-refractivity contribution in [3.63, 3.8) is 0 Å². The molecule has 92 valence electrons. The molecule has 1 N–H and O–H groups in total. The minimum Gasteiger partial charge on any atom is -0.460 e. The first-order valence-electron chi connectivity index (χ1n) is 5.84. The Labute approximate surface area is 98.2 Å². The third kappa shape index (κ3) is 3.34. The molecule has 3 nitrogen and oxygen atoms in total. The summed E-state index contributed by atoms with van der Waals surface area (Å²) in [5.41, 5.74) is 0.574. The van der Waals surface area contributed by atoms with Gasteiger partial charge in [-0.1, -0.05) is 12.2 Å². The average Bonchev–Trinajstić information content (AvgIpc) is 2.49. The van der Waals surface area contributed by atoms with E-state index >= 15 is 0 Å². The van der Waals surface area contributed by atoms with E-state index in [4.69, 9.17) is 4.74 Å². The number of rotatable bonds is 3. The Kier molecular flexibility index (Phi) is 3.79. The van der Waals surface area contributed by atoms with Gasteiger partial charge in [-0.2, -0.15) is 0 Å². The van der Waals surface area contributed by atoms with Gasteiger partial charge in [-0.05, 0) is 40.7 Å². The lowest BCUT2D eigenvalue weighted by Crippen LogP contribution is -2.32. The SMILES string of the molecule is C=C(C)C1(CC(=O)OC(C)(C)C)CCNC1. The molecule has 1 heterocycles. The lowest BCUT2D eigenvalue weighted by molar-refractivity contribution is -0.156. The summed E-state index contributed by atoms with van der Waals surface area (Å²) in [7, 11) is 0. The highest BCUT2D eigenvalue weighted by molar-refractivity contribution is 5.71. The fourth-order valence-corrected chi connectivity index (χ4v) is 2.06. The van der Waals surface area contributed by atoms with Crippen LogP contribution in [-0.4, -0.2) is 24.7 Å². The number of carbonyl (C=O) groups is 1. The first-order chi connectivity index (χ1) is 7.25. The predicted octanol–water partition coefficient (Wildman–Crippen LogP) is 2.27. The molecule has 0 aromatic carbocycles. The van der Waals surface area contributed by atoms with Gasteiger partial charge >= 0.3 is 5.97 Å². The van der Waals surface area contributed by atoms with Crippen LogP contribution in [0.5, 0.6) is 0 Å². The van der Waals surface area contributed by atoms with Crippen LogP contribution in [0.1, 0.15) is 40.5 Å². The fraction of sp³-hybridized carbons (Fsp3) is 0.769. The van der Waals surface area contributed by atoms with Crippen LogP contribution in [0.2, 0.25) is 0 Å². The molecule has 1 rings (SSSR count). The highest BCUT2D eigenvalue weighted by Crippen LogP contribution is 2.37. The number of hydrogen-bond acceptors (Lipinski definition) is 3. The lowest BCUT2D eigenvalue weighted by Gasteiger charge is -2.29. The van der Waals surface area contributed by atoms with Gasteiger partial charge in [-0.15, -0.1) is 0 Å². The van der Waals surface area contributed by atoms with Crippen LogP contribution in [0.4, 0.5) is 0 Å². The van der Waals surface area contributed by atoms with Crippen LogP contribution in [0.15, 0.2) is 12.2 Å². The molecule has 0 aromatic rings. The lowest BCUT2D eigenvalue weighted by atomic mass is 9.78. The Bertz CT molecular complexity index is 283. The molecule has 0 aliphatic carbocycles. The van der Waals surface area contributed by atoms with E-state index in [-0.39, 0.29) is 11.4 Å². The van der Waals surface area contributed by atoms with Crippen molar-refractivity contribution in [3.05, 3.63) is 12.2 Å². The molecule has 0 bridgehead atoms. The van der Waals surface area contributed by atoms with Crippen molar-refractivity contribution in [3.8, 4) is 0 Å². The maximum absolute atomic E-state index is 11.8. The molecule has 16 heavy (non-hydrogen) atoms. The largest absolute Gasteiger partial charge is 0.460 e. The Morgan fingerprint density at radius 2 is 2.12 bits per heavy atom. The van der Waals surface area contributed by atoms with Crippen LogP contribution < -0.4 is 5.32 Å². The molecule has 1 atom stereocenters. The molecule has 0 amide bonds. The highest BCUT2D eigenvalue weighted by Gasteiger charge is 2.38. The van der Waals surface area contributed by atoms with Gasteiger partial charge in [-0.25, -0.2) is 0 Å². The zero-order valence-electron chi connectivity index (χ0n) is 10.9. The van der Waals surface area contributed by atoms with E-state index in [0.717, 1.165) is 25.1 Å². The van der Waals surface area contributed by atoms with E-state index in [1.165, 1.54) is 0 Å². The maximum atomic E-state index is 11.8. The van der Waals surface area contributed by atoms with Crippen molar-refractivity contribution in [2.24, 2.45) is 5.41 Å². The summed E-state index contributed by atoms with van der Waals surface area (Å²) in [5.74, 6) is -0.126. The molecule has 1 unspecified atom stereocenters. The van der Waals surface area contributed by atoms with E-state index in [9.17, 15) is 4.79 Å². The van der Waals surface area contributed by atoms with Gasteiger partial charge in [0.25, 0.3) is 0 Å². The van der Waals surface area contributed by atoms with Gasteiger partial charge in [-0.3, -0.25) is 4.79 Å². The number of esters is 1. The number of nitrogens with one attached hydrogen (secondary N) is 1. The Morgan fingerprint density at radius 1 is 1.50 bits per heavy atom. The minimum atomic E-state index is -0.403. The van der Waals surface area contributed by atoms with Gasteiger partial charge in [0.2, 0.25) is 0 Å². The van der Waals surface area contributed by atoms with Crippen molar-refractivity contribution in [2.45, 2.75) is 46.1 Å². The number of ether oxygens (including phenoxy) is 1. The first-order valence-corrected chi connectivity index (χ1v) is 5.84. The van der Waals surface area contributed by atoms with Gasteiger partial charge in [0.05, 0.1) is 6.42 Å². The summed E-state index contributed by atoms with van der Waals surface area (Å²) in [5, 5.41) is 3.29. The smallest absolute Gasteiger partial charge is 0.307 e. The minimum absolute atomic E-state index is 0.0949. The van der Waals surface area contributed by atoms with E-state index in [2.05, 4.69) is 11.9 Å². The summed E-state index contributed by atoms with van der Waals surface area (Å²) in [4.78, 5) is 11.8. The van der Waals surface area contributed by atoms with Crippen molar-refractivity contribution in [1.29, 1.82) is 0 Å². The number of carbonyl (C=O) groups excluding carboxylic acids is 1. The Morgan fingerprint density at radius 3 is 2.50 bits per heavy atom. The summed E-state index contributed by atoms with van der Waals surface area (Å²) in [6, 6.07) is 0. The summed E-state index contributed by atoms with van der Waals surface area (Å²) >= 11 is 0. The van der Waals surface area contributed by atoms with Crippen molar-refractivity contribution < 1.29 is 9.53 Å². The Balaban J connectivity index is 2.63. The first kappa shape index (κ1) is 13.2. The van der Waals surface area contributed by atoms with Crippen LogP contribution in [-0.2, 0) is 9.53 Å². The van der Waals surface area contributed by atoms with Crippen LogP contribution in [0.3, 0.4) is 0 Å². The summed E-state index contributed by atoms with van der Waals surface area (Å²) in [6.45, 7) is 13.5. The topological polar surface area (TPSA) is 38.3 Å².